The van der Waals surface area contributed by atoms with Gasteiger partial charge in [0.2, 0.25) is 0 Å². The van der Waals surface area contributed by atoms with Crippen molar-refractivity contribution >= 4 is 0 Å². The quantitative estimate of drug-likeness (QED) is 0.105. The summed E-state index contributed by atoms with van der Waals surface area (Å²) in [6.45, 7) is 10.9. The number of aliphatic hydroxyl groups is 13. The third kappa shape index (κ3) is 8.15. The number of hydrogen-bond acceptors (Lipinski definition) is 19. The molecule has 0 aromatic rings. The second-order valence-corrected chi connectivity index (χ2v) is 23.1. The number of allylic oxidation sites excluding steroid dienone is 3. The number of ether oxygens (including phenoxy) is 6. The lowest BCUT2D eigenvalue weighted by molar-refractivity contribution is -0.383. The van der Waals surface area contributed by atoms with Gasteiger partial charge in [0.15, 0.2) is 18.9 Å². The largest absolute Gasteiger partial charge is 0.396 e. The summed E-state index contributed by atoms with van der Waals surface area (Å²) >= 11 is 0. The fourth-order valence-corrected chi connectivity index (χ4v) is 14.5. The van der Waals surface area contributed by atoms with Gasteiger partial charge in [0.25, 0.3) is 0 Å². The summed E-state index contributed by atoms with van der Waals surface area (Å²) in [6, 6.07) is 0. The molecule has 3 saturated carbocycles. The Morgan fingerprint density at radius 3 is 1.82 bits per heavy atom. The third-order valence-corrected chi connectivity index (χ3v) is 19.0. The topological polar surface area (TPSA) is 318 Å². The van der Waals surface area contributed by atoms with Crippen LogP contribution in [0.25, 0.3) is 0 Å². The van der Waals surface area contributed by atoms with Crippen LogP contribution in [0.1, 0.15) is 92.9 Å². The van der Waals surface area contributed by atoms with Gasteiger partial charge in [-0.05, 0) is 85.0 Å². The molecule has 24 unspecified atom stereocenters. The molecule has 19 heteroatoms. The van der Waals surface area contributed by atoms with Crippen LogP contribution < -0.4 is 0 Å². The number of rotatable bonds is 11. The maximum absolute atomic E-state index is 12.1. The van der Waals surface area contributed by atoms with Crippen molar-refractivity contribution in [3.63, 3.8) is 0 Å². The Balaban J connectivity index is 1.09. The third-order valence-electron chi connectivity index (χ3n) is 19.0. The Morgan fingerprint density at radius 2 is 1.21 bits per heavy atom. The van der Waals surface area contributed by atoms with Crippen LogP contribution in [0, 0.1) is 44.3 Å². The summed E-state index contributed by atoms with van der Waals surface area (Å²) in [6.07, 6.45) is -16.5. The lowest BCUT2D eigenvalue weighted by atomic mass is 9.35. The fraction of sp³-hybridized carbons (Fsp3) is 0.917. The van der Waals surface area contributed by atoms with Crippen LogP contribution in [-0.2, 0) is 28.4 Å². The minimum absolute atomic E-state index is 0.0134. The highest BCUT2D eigenvalue weighted by Crippen LogP contribution is 2.74. The average molecular weight is 959 g/mol. The molecule has 0 radical (unpaired) electrons. The molecule has 0 aromatic carbocycles. The number of aliphatic hydroxyl groups excluding tert-OH is 13. The normalized spacial score (nSPS) is 54.2. The van der Waals surface area contributed by atoms with E-state index in [2.05, 4.69) is 46.8 Å². The van der Waals surface area contributed by atoms with Crippen molar-refractivity contribution in [3.8, 4) is 0 Å². The molecule has 67 heavy (non-hydrogen) atoms. The minimum atomic E-state index is -1.89. The monoisotopic (exact) mass is 959 g/mol. The van der Waals surface area contributed by atoms with Gasteiger partial charge in [0.1, 0.15) is 73.2 Å². The molecule has 0 amide bonds. The first-order valence-electron chi connectivity index (χ1n) is 24.3. The first kappa shape index (κ1) is 52.1. The van der Waals surface area contributed by atoms with Gasteiger partial charge in [-0.25, -0.2) is 0 Å². The first-order chi connectivity index (χ1) is 31.4. The maximum atomic E-state index is 12.1. The SMILES string of the molecule is CC1(C)CCC2(CO)C(=C3C=CC4C5(C)CCC(OC6OC(COC7OC(CO)C(O)C(O)C7O)C(O)C(O)C6OC6OC(CO)C(O)C(O)C6O)C(C)(CO)C5CCC4(C)C3(C)CC2O)C1. The molecule has 19 nitrogen and oxygen atoms in total. The average Bonchev–Trinajstić information content (AvgIpc) is 3.29. The molecule has 0 bridgehead atoms. The summed E-state index contributed by atoms with van der Waals surface area (Å²) in [5.74, 6) is -0.128. The van der Waals surface area contributed by atoms with Crippen molar-refractivity contribution in [2.75, 3.05) is 33.0 Å². The van der Waals surface area contributed by atoms with Gasteiger partial charge >= 0.3 is 0 Å². The highest BCUT2D eigenvalue weighted by Gasteiger charge is 2.69. The summed E-state index contributed by atoms with van der Waals surface area (Å²) in [7, 11) is 0. The minimum Gasteiger partial charge on any atom is -0.396 e. The summed E-state index contributed by atoms with van der Waals surface area (Å²) in [4.78, 5) is 0. The predicted molar refractivity (Wildman–Crippen MR) is 233 cm³/mol. The van der Waals surface area contributed by atoms with Crippen LogP contribution in [0.4, 0.5) is 0 Å². The molecule has 384 valence electrons. The lowest BCUT2D eigenvalue weighted by Crippen LogP contribution is -2.67. The van der Waals surface area contributed by atoms with Crippen molar-refractivity contribution in [2.45, 2.75) is 197 Å². The lowest BCUT2D eigenvalue weighted by Gasteiger charge is -2.70. The van der Waals surface area contributed by atoms with E-state index in [0.717, 1.165) is 25.7 Å². The molecule has 5 aliphatic carbocycles. The predicted octanol–water partition coefficient (Wildman–Crippen LogP) is -1.52. The summed E-state index contributed by atoms with van der Waals surface area (Å²) in [5.41, 5.74) is -0.328. The highest BCUT2D eigenvalue weighted by molar-refractivity contribution is 5.47. The first-order valence-corrected chi connectivity index (χ1v) is 24.3. The van der Waals surface area contributed by atoms with E-state index in [9.17, 15) is 66.4 Å². The van der Waals surface area contributed by atoms with E-state index < -0.39 is 140 Å². The zero-order valence-electron chi connectivity index (χ0n) is 39.6. The zero-order chi connectivity index (χ0) is 49.0. The second kappa shape index (κ2) is 18.6. The van der Waals surface area contributed by atoms with Gasteiger partial charge in [-0.15, -0.1) is 0 Å². The highest BCUT2D eigenvalue weighted by atomic mass is 16.8. The van der Waals surface area contributed by atoms with Gasteiger partial charge < -0.3 is 94.8 Å². The van der Waals surface area contributed by atoms with Crippen molar-refractivity contribution in [2.24, 2.45) is 44.3 Å². The molecule has 6 fully saturated rings. The van der Waals surface area contributed by atoms with Crippen LogP contribution in [0.5, 0.6) is 0 Å². The molecule has 3 heterocycles. The molecule has 0 spiro atoms. The molecular formula is C48H78O19. The molecule has 3 saturated heterocycles. The van der Waals surface area contributed by atoms with E-state index in [1.54, 1.807) is 0 Å². The summed E-state index contributed by atoms with van der Waals surface area (Å²) in [5, 5.41) is 141. The Morgan fingerprint density at radius 1 is 0.612 bits per heavy atom. The van der Waals surface area contributed by atoms with Crippen LogP contribution in [-0.4, -0.2) is 204 Å². The van der Waals surface area contributed by atoms with Gasteiger partial charge in [0, 0.05) is 16.2 Å². The number of hydrogen-bond donors (Lipinski definition) is 13. The van der Waals surface area contributed by atoms with E-state index >= 15 is 0 Å². The number of fused-ring (bicyclic) bond motifs is 6. The van der Waals surface area contributed by atoms with Gasteiger partial charge in [-0.3, -0.25) is 0 Å². The van der Waals surface area contributed by atoms with Crippen molar-refractivity contribution in [1.82, 2.24) is 0 Å². The Kier molecular flexibility index (Phi) is 14.5. The van der Waals surface area contributed by atoms with Gasteiger partial charge in [0.05, 0.1) is 45.2 Å². The van der Waals surface area contributed by atoms with Crippen LogP contribution in [0.15, 0.2) is 23.3 Å². The van der Waals surface area contributed by atoms with E-state index in [-0.39, 0.29) is 41.3 Å². The smallest absolute Gasteiger partial charge is 0.187 e. The molecule has 24 atom stereocenters. The Bertz CT molecular complexity index is 1830. The maximum Gasteiger partial charge on any atom is 0.187 e. The van der Waals surface area contributed by atoms with E-state index in [4.69, 9.17) is 28.4 Å². The van der Waals surface area contributed by atoms with Crippen molar-refractivity contribution < 1.29 is 94.8 Å². The molecule has 8 aliphatic rings. The fourth-order valence-electron chi connectivity index (χ4n) is 14.5. The zero-order valence-corrected chi connectivity index (χ0v) is 39.6. The van der Waals surface area contributed by atoms with Crippen molar-refractivity contribution in [3.05, 3.63) is 23.3 Å². The van der Waals surface area contributed by atoms with Crippen LogP contribution >= 0.6 is 0 Å². The van der Waals surface area contributed by atoms with E-state index in [1.165, 1.54) is 11.1 Å². The second-order valence-electron chi connectivity index (χ2n) is 23.1. The Labute approximate surface area is 391 Å². The van der Waals surface area contributed by atoms with Crippen LogP contribution in [0.3, 0.4) is 0 Å². The molecule has 3 aliphatic heterocycles. The van der Waals surface area contributed by atoms with Gasteiger partial charge in [-0.2, -0.15) is 0 Å². The van der Waals surface area contributed by atoms with E-state index in [1.807, 2.05) is 6.92 Å². The van der Waals surface area contributed by atoms with Gasteiger partial charge in [-0.1, -0.05) is 59.3 Å². The standard InChI is InChI=1S/C48H78O19/c1-43(2)13-14-48(21-52)23(15-43)22-7-8-28-44(3)11-10-30(45(4,20-51)27(44)9-12-46(28,5)47(22,6)16-29(48)53)66-42-39(67-41-38(61)35(58)32(55)25(18-50)64-41)36(59)33(56)26(65-42)19-62-40-37(60)34(57)31(54)24(17-49)63-40/h7-8,24-42,49-61H,9-21H2,1-6H3. The molecule has 13 N–H and O–H groups in total. The molecular weight excluding hydrogens is 881 g/mol. The Hall–Kier alpha value is -1.28. The summed E-state index contributed by atoms with van der Waals surface area (Å²) < 4.78 is 36.1. The molecule has 8 rings (SSSR count). The van der Waals surface area contributed by atoms with E-state index in [0.29, 0.717) is 25.7 Å². The van der Waals surface area contributed by atoms with Crippen molar-refractivity contribution in [1.29, 1.82) is 0 Å². The molecule has 0 aromatic heterocycles. The van der Waals surface area contributed by atoms with Crippen LogP contribution in [0.2, 0.25) is 0 Å².